The van der Waals surface area contributed by atoms with E-state index in [1.807, 2.05) is 32.0 Å². The lowest BCUT2D eigenvalue weighted by Crippen LogP contribution is -2.38. The molecule has 2 aromatic carbocycles. The molecular formula is C23H28N2O5. The predicted molar refractivity (Wildman–Crippen MR) is 114 cm³/mol. The minimum Gasteiger partial charge on any atom is -0.489 e. The van der Waals surface area contributed by atoms with Crippen LogP contribution in [0.3, 0.4) is 0 Å². The van der Waals surface area contributed by atoms with E-state index in [0.29, 0.717) is 6.54 Å². The maximum atomic E-state index is 12.8. The van der Waals surface area contributed by atoms with Crippen molar-refractivity contribution in [2.75, 3.05) is 25.0 Å². The van der Waals surface area contributed by atoms with Gasteiger partial charge >= 0.3 is 11.9 Å². The van der Waals surface area contributed by atoms with Gasteiger partial charge in [0.05, 0.1) is 0 Å². The largest absolute Gasteiger partial charge is 0.489 e. The number of anilines is 1. The fraction of sp³-hybridized carbons (Fsp3) is 0.391. The average Bonchev–Trinajstić information content (AvgIpc) is 3.19. The molecule has 0 fully saturated rings. The lowest BCUT2D eigenvalue weighted by atomic mass is 10.1. The highest BCUT2D eigenvalue weighted by Gasteiger charge is 2.22. The first-order valence-electron chi connectivity index (χ1n) is 10.1. The summed E-state index contributed by atoms with van der Waals surface area (Å²) < 4.78 is 16.9. The highest BCUT2D eigenvalue weighted by molar-refractivity contribution is 5.93. The summed E-state index contributed by atoms with van der Waals surface area (Å²) in [6.45, 7) is 6.86. The van der Waals surface area contributed by atoms with E-state index in [1.165, 1.54) is 6.92 Å². The van der Waals surface area contributed by atoms with Crippen molar-refractivity contribution < 1.29 is 23.8 Å². The Morgan fingerprint density at radius 1 is 1.10 bits per heavy atom. The minimum absolute atomic E-state index is 0.179. The minimum atomic E-state index is -0.564. The molecule has 1 heterocycles. The van der Waals surface area contributed by atoms with Crippen molar-refractivity contribution in [2.24, 2.45) is 0 Å². The molecule has 3 rings (SSSR count). The zero-order valence-corrected chi connectivity index (χ0v) is 17.6. The Morgan fingerprint density at radius 2 is 1.87 bits per heavy atom. The normalized spacial score (nSPS) is 13.3. The summed E-state index contributed by atoms with van der Waals surface area (Å²) in [7, 11) is 0. The highest BCUT2D eigenvalue weighted by Crippen LogP contribution is 2.31. The van der Waals surface area contributed by atoms with Gasteiger partial charge in [-0.05, 0) is 30.7 Å². The molecule has 2 N–H and O–H groups in total. The Hall–Kier alpha value is -3.06. The molecule has 2 aromatic rings. The van der Waals surface area contributed by atoms with Gasteiger partial charge in [0.25, 0.3) is 0 Å². The van der Waals surface area contributed by atoms with Gasteiger partial charge in [-0.3, -0.25) is 4.79 Å². The summed E-state index contributed by atoms with van der Waals surface area (Å²) in [4.78, 5) is 24.1. The molecule has 1 atom stereocenters. The average molecular weight is 412 g/mol. The Balaban J connectivity index is 1.70. The van der Waals surface area contributed by atoms with Crippen molar-refractivity contribution in [3.63, 3.8) is 0 Å². The van der Waals surface area contributed by atoms with Crippen LogP contribution in [0.5, 0.6) is 11.5 Å². The van der Waals surface area contributed by atoms with Crippen LogP contribution in [0.2, 0.25) is 0 Å². The van der Waals surface area contributed by atoms with Gasteiger partial charge in [0.1, 0.15) is 29.8 Å². The van der Waals surface area contributed by atoms with E-state index in [1.54, 1.807) is 24.3 Å². The smallest absolute Gasteiger partial charge is 0.342 e. The van der Waals surface area contributed by atoms with E-state index < -0.39 is 18.0 Å². The van der Waals surface area contributed by atoms with Gasteiger partial charge < -0.3 is 24.8 Å². The fourth-order valence-electron chi connectivity index (χ4n) is 3.23. The standard InChI is InChI=1S/C23H28N2O5/c1-15(2)25-13-17(14-28-21-10-6-8-20-18(21)11-12-24-20)30-23(27)19-7-4-5-9-22(19)29-16(3)26/h4-10,15,17,24-25H,11-14H2,1-3H3. The van der Waals surface area contributed by atoms with Crippen LogP contribution in [-0.4, -0.2) is 43.8 Å². The fourth-order valence-corrected chi connectivity index (χ4v) is 3.23. The monoisotopic (exact) mass is 412 g/mol. The topological polar surface area (TPSA) is 85.9 Å². The third-order valence-electron chi connectivity index (χ3n) is 4.64. The van der Waals surface area contributed by atoms with Crippen LogP contribution < -0.4 is 20.1 Å². The number of esters is 2. The molecule has 160 valence electrons. The number of hydrogen-bond acceptors (Lipinski definition) is 7. The first-order valence-corrected chi connectivity index (χ1v) is 10.1. The molecule has 1 unspecified atom stereocenters. The summed E-state index contributed by atoms with van der Waals surface area (Å²) in [6, 6.07) is 12.6. The molecule has 0 spiro atoms. The quantitative estimate of drug-likeness (QED) is 0.483. The van der Waals surface area contributed by atoms with Gasteiger partial charge in [0.15, 0.2) is 0 Å². The van der Waals surface area contributed by atoms with Gasteiger partial charge in [0, 0.05) is 37.3 Å². The van der Waals surface area contributed by atoms with Crippen LogP contribution in [0.1, 0.15) is 36.7 Å². The molecule has 0 saturated carbocycles. The summed E-state index contributed by atoms with van der Waals surface area (Å²) in [5.41, 5.74) is 2.42. The molecule has 0 amide bonds. The number of hydrogen-bond donors (Lipinski definition) is 2. The lowest BCUT2D eigenvalue weighted by molar-refractivity contribution is -0.131. The van der Waals surface area contributed by atoms with E-state index in [2.05, 4.69) is 10.6 Å². The Labute approximate surface area is 176 Å². The van der Waals surface area contributed by atoms with Crippen molar-refractivity contribution in [1.29, 1.82) is 0 Å². The van der Waals surface area contributed by atoms with Crippen LogP contribution in [0.15, 0.2) is 42.5 Å². The number of para-hydroxylation sites is 1. The molecule has 7 nitrogen and oxygen atoms in total. The zero-order chi connectivity index (χ0) is 21.5. The van der Waals surface area contributed by atoms with Crippen LogP contribution >= 0.6 is 0 Å². The molecule has 30 heavy (non-hydrogen) atoms. The maximum Gasteiger partial charge on any atom is 0.342 e. The van der Waals surface area contributed by atoms with E-state index >= 15 is 0 Å². The van der Waals surface area contributed by atoms with Crippen molar-refractivity contribution in [3.8, 4) is 11.5 Å². The molecule has 1 aliphatic heterocycles. The number of fused-ring (bicyclic) bond motifs is 1. The lowest BCUT2D eigenvalue weighted by Gasteiger charge is -2.21. The predicted octanol–water partition coefficient (Wildman–Crippen LogP) is 3.18. The van der Waals surface area contributed by atoms with Gasteiger partial charge in [-0.2, -0.15) is 0 Å². The van der Waals surface area contributed by atoms with E-state index in [0.717, 1.165) is 30.0 Å². The van der Waals surface area contributed by atoms with E-state index in [4.69, 9.17) is 14.2 Å². The molecule has 0 radical (unpaired) electrons. The SMILES string of the molecule is CC(=O)Oc1ccccc1C(=O)OC(CNC(C)C)COc1cccc2c1CCN2. The van der Waals surface area contributed by atoms with Gasteiger partial charge in [0.2, 0.25) is 0 Å². The first kappa shape index (κ1) is 21.6. The van der Waals surface area contributed by atoms with Gasteiger partial charge in [-0.1, -0.05) is 32.0 Å². The first-order chi connectivity index (χ1) is 14.4. The Bertz CT molecular complexity index is 897. The maximum absolute atomic E-state index is 12.8. The number of rotatable bonds is 9. The summed E-state index contributed by atoms with van der Waals surface area (Å²) in [5.74, 6) is -0.0871. The highest BCUT2D eigenvalue weighted by atomic mass is 16.6. The third-order valence-corrected chi connectivity index (χ3v) is 4.64. The molecule has 0 aromatic heterocycles. The zero-order valence-electron chi connectivity index (χ0n) is 17.6. The van der Waals surface area contributed by atoms with Crippen molar-refractivity contribution in [1.82, 2.24) is 5.32 Å². The van der Waals surface area contributed by atoms with Crippen LogP contribution in [-0.2, 0) is 16.0 Å². The summed E-state index contributed by atoms with van der Waals surface area (Å²) in [5, 5.41) is 6.61. The molecule has 0 bridgehead atoms. The number of benzene rings is 2. The summed E-state index contributed by atoms with van der Waals surface area (Å²) in [6.07, 6.45) is 0.381. The van der Waals surface area contributed by atoms with E-state index in [9.17, 15) is 9.59 Å². The molecular weight excluding hydrogens is 384 g/mol. The molecule has 7 heteroatoms. The van der Waals surface area contributed by atoms with Crippen molar-refractivity contribution in [2.45, 2.75) is 39.3 Å². The van der Waals surface area contributed by atoms with Crippen molar-refractivity contribution in [3.05, 3.63) is 53.6 Å². The third kappa shape index (κ3) is 5.73. The molecule has 1 aliphatic rings. The summed E-state index contributed by atoms with van der Waals surface area (Å²) >= 11 is 0. The number of carbonyl (C=O) groups excluding carboxylic acids is 2. The second kappa shape index (κ2) is 10.1. The van der Waals surface area contributed by atoms with Gasteiger partial charge in [-0.15, -0.1) is 0 Å². The molecule has 0 saturated heterocycles. The number of carbonyl (C=O) groups is 2. The number of nitrogens with one attached hydrogen (secondary N) is 2. The second-order valence-electron chi connectivity index (χ2n) is 7.45. The van der Waals surface area contributed by atoms with Crippen LogP contribution in [0.4, 0.5) is 5.69 Å². The van der Waals surface area contributed by atoms with Crippen LogP contribution in [0, 0.1) is 0 Å². The van der Waals surface area contributed by atoms with Gasteiger partial charge in [-0.25, -0.2) is 4.79 Å². The van der Waals surface area contributed by atoms with Crippen molar-refractivity contribution >= 4 is 17.6 Å². The Morgan fingerprint density at radius 3 is 2.63 bits per heavy atom. The van der Waals surface area contributed by atoms with E-state index in [-0.39, 0.29) is 24.0 Å². The van der Waals surface area contributed by atoms with Crippen LogP contribution in [0.25, 0.3) is 0 Å². The molecule has 0 aliphatic carbocycles. The number of ether oxygens (including phenoxy) is 3. The second-order valence-corrected chi connectivity index (χ2v) is 7.45. The Kier molecular flexibility index (Phi) is 7.30.